The zero-order valence-electron chi connectivity index (χ0n) is 12.5. The number of nitrogens with one attached hydrogen (secondary N) is 1. The van der Waals surface area contributed by atoms with E-state index in [0.717, 1.165) is 6.42 Å². The Labute approximate surface area is 142 Å². The number of benzene rings is 1. The lowest BCUT2D eigenvalue weighted by Gasteiger charge is -2.13. The number of ether oxygens (including phenoxy) is 2. The van der Waals surface area contributed by atoms with Crippen LogP contribution in [0.5, 0.6) is 11.5 Å². The van der Waals surface area contributed by atoms with Gasteiger partial charge in [-0.05, 0) is 52.9 Å². The molecule has 0 saturated heterocycles. The van der Waals surface area contributed by atoms with Gasteiger partial charge in [0.05, 0.1) is 18.2 Å². The van der Waals surface area contributed by atoms with Gasteiger partial charge < -0.3 is 14.8 Å². The van der Waals surface area contributed by atoms with Crippen molar-refractivity contribution in [1.29, 1.82) is 0 Å². The van der Waals surface area contributed by atoms with Gasteiger partial charge in [0.1, 0.15) is 0 Å². The molecular formula is C16H18BrNO3S. The number of halogens is 1. The van der Waals surface area contributed by atoms with Crippen LogP contribution in [0.25, 0.3) is 0 Å². The summed E-state index contributed by atoms with van der Waals surface area (Å²) in [4.78, 5) is 13.5. The van der Waals surface area contributed by atoms with Crippen molar-refractivity contribution in [2.75, 3.05) is 20.3 Å². The lowest BCUT2D eigenvalue weighted by atomic mass is 10.2. The highest BCUT2D eigenvalue weighted by molar-refractivity contribution is 9.10. The highest BCUT2D eigenvalue weighted by Crippen LogP contribution is 2.36. The average Bonchev–Trinajstić information content (AvgIpc) is 3.00. The summed E-state index contributed by atoms with van der Waals surface area (Å²) >= 11 is 5.10. The van der Waals surface area contributed by atoms with Gasteiger partial charge >= 0.3 is 0 Å². The molecule has 1 heterocycles. The summed E-state index contributed by atoms with van der Waals surface area (Å²) in [6.07, 6.45) is 0.832. The van der Waals surface area contributed by atoms with Crippen LogP contribution in [0.4, 0.5) is 0 Å². The molecule has 6 heteroatoms. The molecule has 0 fully saturated rings. The third-order valence-electron chi connectivity index (χ3n) is 3.01. The summed E-state index contributed by atoms with van der Waals surface area (Å²) in [5.74, 6) is 1.03. The molecule has 2 rings (SSSR count). The summed E-state index contributed by atoms with van der Waals surface area (Å²) in [7, 11) is 1.57. The average molecular weight is 384 g/mol. The first-order valence-corrected chi connectivity index (χ1v) is 8.64. The number of thiophene rings is 1. The molecule has 0 spiro atoms. The first kappa shape index (κ1) is 16.8. The third kappa shape index (κ3) is 4.24. The van der Waals surface area contributed by atoms with Gasteiger partial charge in [-0.15, -0.1) is 11.3 Å². The van der Waals surface area contributed by atoms with Crippen LogP contribution >= 0.6 is 27.3 Å². The van der Waals surface area contributed by atoms with E-state index in [1.165, 1.54) is 4.88 Å². The minimum absolute atomic E-state index is 0.124. The first-order valence-electron chi connectivity index (χ1n) is 6.96. The number of amides is 1. The van der Waals surface area contributed by atoms with Crippen LogP contribution in [-0.4, -0.2) is 26.2 Å². The summed E-state index contributed by atoms with van der Waals surface area (Å²) in [5.41, 5.74) is 0.544. The summed E-state index contributed by atoms with van der Waals surface area (Å²) < 4.78 is 11.5. The van der Waals surface area contributed by atoms with Gasteiger partial charge in [0.2, 0.25) is 0 Å². The van der Waals surface area contributed by atoms with Gasteiger partial charge in [0.25, 0.3) is 5.91 Å². The molecule has 1 aromatic heterocycles. The molecule has 0 atom stereocenters. The quantitative estimate of drug-likeness (QED) is 0.788. The van der Waals surface area contributed by atoms with Crippen molar-refractivity contribution in [2.45, 2.75) is 13.3 Å². The molecule has 4 nitrogen and oxygen atoms in total. The second-order valence-corrected chi connectivity index (χ2v) is 6.39. The number of hydrogen-bond acceptors (Lipinski definition) is 4. The second kappa shape index (κ2) is 8.19. The zero-order valence-corrected chi connectivity index (χ0v) is 14.9. The molecule has 118 valence electrons. The fourth-order valence-electron chi connectivity index (χ4n) is 2.02. The van der Waals surface area contributed by atoms with E-state index < -0.39 is 0 Å². The van der Waals surface area contributed by atoms with Gasteiger partial charge in [-0.3, -0.25) is 4.79 Å². The Balaban J connectivity index is 2.05. The summed E-state index contributed by atoms with van der Waals surface area (Å²) in [5, 5.41) is 4.96. The number of rotatable bonds is 7. The van der Waals surface area contributed by atoms with Crippen LogP contribution < -0.4 is 14.8 Å². The molecule has 0 radical (unpaired) electrons. The Morgan fingerprint density at radius 2 is 2.23 bits per heavy atom. The van der Waals surface area contributed by atoms with Gasteiger partial charge in [-0.2, -0.15) is 0 Å². The fourth-order valence-corrected chi connectivity index (χ4v) is 3.33. The minimum atomic E-state index is -0.124. The fraction of sp³-hybridized carbons (Fsp3) is 0.312. The van der Waals surface area contributed by atoms with Crippen molar-refractivity contribution < 1.29 is 14.3 Å². The molecule has 0 aliphatic heterocycles. The lowest BCUT2D eigenvalue weighted by Crippen LogP contribution is -2.25. The van der Waals surface area contributed by atoms with Crippen molar-refractivity contribution >= 4 is 33.2 Å². The number of methoxy groups -OCH3 is 1. The third-order valence-corrected chi connectivity index (χ3v) is 4.54. The molecule has 22 heavy (non-hydrogen) atoms. The number of carbonyl (C=O) groups is 1. The maximum atomic E-state index is 12.3. The van der Waals surface area contributed by atoms with Gasteiger partial charge in [-0.25, -0.2) is 0 Å². The molecule has 0 aliphatic rings. The van der Waals surface area contributed by atoms with Gasteiger partial charge in [0, 0.05) is 17.0 Å². The Kier molecular flexibility index (Phi) is 6.27. The Bertz CT molecular complexity index is 629. The highest BCUT2D eigenvalue weighted by atomic mass is 79.9. The minimum Gasteiger partial charge on any atom is -0.492 e. The maximum Gasteiger partial charge on any atom is 0.251 e. The van der Waals surface area contributed by atoms with Crippen molar-refractivity contribution in [3.8, 4) is 11.5 Å². The molecule has 0 unspecified atom stereocenters. The Morgan fingerprint density at radius 1 is 1.41 bits per heavy atom. The van der Waals surface area contributed by atoms with Crippen molar-refractivity contribution in [3.05, 3.63) is 44.6 Å². The van der Waals surface area contributed by atoms with Gasteiger partial charge in [0.15, 0.2) is 11.5 Å². The SMILES string of the molecule is CCOc1cc(C(=O)NCCc2cccs2)cc(Br)c1OC. The van der Waals surface area contributed by atoms with Crippen LogP contribution in [0.1, 0.15) is 22.2 Å². The van der Waals surface area contributed by atoms with E-state index in [-0.39, 0.29) is 5.91 Å². The van der Waals surface area contributed by atoms with E-state index in [4.69, 9.17) is 9.47 Å². The molecule has 2 aromatic rings. The second-order valence-electron chi connectivity index (χ2n) is 4.51. The van der Waals surface area contributed by atoms with E-state index in [0.29, 0.717) is 34.7 Å². The molecule has 0 aliphatic carbocycles. The lowest BCUT2D eigenvalue weighted by molar-refractivity contribution is 0.0953. The van der Waals surface area contributed by atoms with Crippen LogP contribution in [0, 0.1) is 0 Å². The van der Waals surface area contributed by atoms with E-state index >= 15 is 0 Å². The number of carbonyl (C=O) groups excluding carboxylic acids is 1. The van der Waals surface area contributed by atoms with E-state index in [1.54, 1.807) is 30.6 Å². The predicted molar refractivity (Wildman–Crippen MR) is 92.2 cm³/mol. The topological polar surface area (TPSA) is 47.6 Å². The maximum absolute atomic E-state index is 12.3. The molecule has 1 N–H and O–H groups in total. The Morgan fingerprint density at radius 3 is 2.86 bits per heavy atom. The van der Waals surface area contributed by atoms with Crippen molar-refractivity contribution in [1.82, 2.24) is 5.32 Å². The first-order chi connectivity index (χ1) is 10.7. The molecule has 1 aromatic carbocycles. The standard InChI is InChI=1S/C16H18BrNO3S/c1-3-21-14-10-11(9-13(17)15(14)20-2)16(19)18-7-6-12-5-4-8-22-12/h4-5,8-10H,3,6-7H2,1-2H3,(H,18,19). The predicted octanol–water partition coefficient (Wildman–Crippen LogP) is 3.89. The van der Waals surface area contributed by atoms with Crippen LogP contribution in [0.15, 0.2) is 34.1 Å². The van der Waals surface area contributed by atoms with Crippen molar-refractivity contribution in [2.24, 2.45) is 0 Å². The van der Waals surface area contributed by atoms with Gasteiger partial charge in [-0.1, -0.05) is 6.07 Å². The smallest absolute Gasteiger partial charge is 0.251 e. The Hall–Kier alpha value is -1.53. The van der Waals surface area contributed by atoms with E-state index in [2.05, 4.69) is 27.3 Å². The van der Waals surface area contributed by atoms with Crippen LogP contribution in [0.2, 0.25) is 0 Å². The largest absolute Gasteiger partial charge is 0.492 e. The van der Waals surface area contributed by atoms with Crippen LogP contribution in [0.3, 0.4) is 0 Å². The van der Waals surface area contributed by atoms with Crippen LogP contribution in [-0.2, 0) is 6.42 Å². The zero-order chi connectivity index (χ0) is 15.9. The molecule has 0 bridgehead atoms. The molecule has 0 saturated carbocycles. The van der Waals surface area contributed by atoms with E-state index in [9.17, 15) is 4.79 Å². The monoisotopic (exact) mass is 383 g/mol. The number of hydrogen-bond donors (Lipinski definition) is 1. The summed E-state index contributed by atoms with van der Waals surface area (Å²) in [6, 6.07) is 7.51. The normalized spacial score (nSPS) is 10.3. The summed E-state index contributed by atoms with van der Waals surface area (Å²) in [6.45, 7) is 3.00. The van der Waals surface area contributed by atoms with E-state index in [1.807, 2.05) is 18.4 Å². The molecular weight excluding hydrogens is 366 g/mol. The molecule has 1 amide bonds. The highest BCUT2D eigenvalue weighted by Gasteiger charge is 2.15. The van der Waals surface area contributed by atoms with Crippen molar-refractivity contribution in [3.63, 3.8) is 0 Å².